The molecule has 3 rings (SSSR count). The molecule has 0 aliphatic heterocycles. The van der Waals surface area contributed by atoms with Crippen LogP contribution in [0.15, 0.2) is 54.6 Å². The van der Waals surface area contributed by atoms with Crippen LogP contribution in [0.25, 0.3) is 11.1 Å². The first-order valence-electron chi connectivity index (χ1n) is 9.91. The number of Topliss-reactive ketones (excluding diaryl/α,β-unsaturated/α-hetero) is 1. The van der Waals surface area contributed by atoms with E-state index in [1.165, 1.54) is 0 Å². The maximum absolute atomic E-state index is 13.1. The van der Waals surface area contributed by atoms with Gasteiger partial charge in [-0.2, -0.15) is 0 Å². The minimum absolute atomic E-state index is 0.0502. The van der Waals surface area contributed by atoms with Crippen molar-refractivity contribution >= 4 is 29.0 Å². The van der Waals surface area contributed by atoms with E-state index in [1.807, 2.05) is 37.2 Å². The van der Waals surface area contributed by atoms with Crippen LogP contribution in [0, 0.1) is 6.92 Å². The van der Waals surface area contributed by atoms with E-state index in [0.29, 0.717) is 22.5 Å². The van der Waals surface area contributed by atoms with E-state index < -0.39 is 17.7 Å². The summed E-state index contributed by atoms with van der Waals surface area (Å²) in [6, 6.07) is 16.1. The maximum atomic E-state index is 13.1. The number of aromatic nitrogens is 1. The normalized spacial score (nSPS) is 10.5. The number of esters is 1. The third-order valence-corrected chi connectivity index (χ3v) is 4.80. The van der Waals surface area contributed by atoms with Gasteiger partial charge in [-0.3, -0.25) is 9.59 Å². The van der Waals surface area contributed by atoms with E-state index in [0.717, 1.165) is 5.69 Å². The van der Waals surface area contributed by atoms with Crippen molar-refractivity contribution in [2.75, 3.05) is 30.9 Å². The minimum atomic E-state index is -0.800. The van der Waals surface area contributed by atoms with Crippen molar-refractivity contribution < 1.29 is 19.1 Å². The van der Waals surface area contributed by atoms with Gasteiger partial charge in [0.05, 0.1) is 12.2 Å². The van der Waals surface area contributed by atoms with Gasteiger partial charge in [0, 0.05) is 36.7 Å². The van der Waals surface area contributed by atoms with Crippen molar-refractivity contribution in [1.82, 2.24) is 4.98 Å². The number of ketones is 1. The Bertz CT molecular complexity index is 1100. The number of hydrogen-bond donors (Lipinski definition) is 2. The highest BCUT2D eigenvalue weighted by Gasteiger charge is 2.29. The van der Waals surface area contributed by atoms with Crippen molar-refractivity contribution in [3.8, 4) is 11.1 Å². The van der Waals surface area contributed by atoms with Crippen molar-refractivity contribution in [1.29, 1.82) is 0 Å². The number of aryl methyl sites for hydroxylation is 1. The number of amides is 1. The van der Waals surface area contributed by atoms with Crippen molar-refractivity contribution in [2.24, 2.45) is 0 Å². The van der Waals surface area contributed by atoms with Crippen LogP contribution < -0.4 is 10.2 Å². The lowest BCUT2D eigenvalue weighted by Gasteiger charge is -2.13. The highest BCUT2D eigenvalue weighted by atomic mass is 16.5. The summed E-state index contributed by atoms with van der Waals surface area (Å²) in [7, 11) is 3.83. The van der Waals surface area contributed by atoms with Crippen LogP contribution in [-0.2, 0) is 9.53 Å². The molecule has 7 nitrogen and oxygen atoms in total. The summed E-state index contributed by atoms with van der Waals surface area (Å²) in [6.45, 7) is 3.58. The van der Waals surface area contributed by atoms with Crippen LogP contribution in [0.3, 0.4) is 0 Å². The SMILES string of the molecule is CCOC(=O)c1c(C)[nH]c(C(=O)C(=O)Nc2ccc(N(C)C)cc2)c1-c1ccccc1. The average Bonchev–Trinajstić information content (AvgIpc) is 3.11. The number of hydrogen-bond acceptors (Lipinski definition) is 5. The van der Waals surface area contributed by atoms with Gasteiger partial charge < -0.3 is 19.9 Å². The summed E-state index contributed by atoms with van der Waals surface area (Å²) >= 11 is 0. The predicted octanol–water partition coefficient (Wildman–Crippen LogP) is 4.05. The van der Waals surface area contributed by atoms with E-state index in [1.54, 1.807) is 50.2 Å². The smallest absolute Gasteiger partial charge is 0.340 e. The Balaban J connectivity index is 1.97. The molecule has 0 spiro atoms. The summed E-state index contributed by atoms with van der Waals surface area (Å²) in [5.41, 5.74) is 3.23. The molecule has 0 atom stereocenters. The molecule has 0 unspecified atom stereocenters. The number of nitrogens with zero attached hydrogens (tertiary/aromatic N) is 1. The van der Waals surface area contributed by atoms with Gasteiger partial charge in [0.2, 0.25) is 0 Å². The monoisotopic (exact) mass is 419 g/mol. The first kappa shape index (κ1) is 21.8. The summed E-state index contributed by atoms with van der Waals surface area (Å²) < 4.78 is 5.18. The molecule has 2 N–H and O–H groups in total. The molecule has 0 radical (unpaired) electrons. The largest absolute Gasteiger partial charge is 0.462 e. The first-order valence-corrected chi connectivity index (χ1v) is 9.91. The molecule has 3 aromatic rings. The van der Waals surface area contributed by atoms with E-state index in [-0.39, 0.29) is 17.9 Å². The second-order valence-corrected chi connectivity index (χ2v) is 7.19. The molecule has 160 valence electrons. The van der Waals surface area contributed by atoms with Gasteiger partial charge in [0.1, 0.15) is 5.69 Å². The molecule has 0 saturated carbocycles. The van der Waals surface area contributed by atoms with Crippen molar-refractivity contribution in [2.45, 2.75) is 13.8 Å². The molecule has 1 aromatic heterocycles. The average molecular weight is 419 g/mol. The zero-order valence-corrected chi connectivity index (χ0v) is 18.0. The molecule has 0 bridgehead atoms. The van der Waals surface area contributed by atoms with Gasteiger partial charge >= 0.3 is 5.97 Å². The standard InChI is InChI=1S/C24H25N3O4/c1-5-31-24(30)19-15(2)25-21(20(19)16-9-7-6-8-10-16)22(28)23(29)26-17-11-13-18(14-12-17)27(3)4/h6-14,25H,5H2,1-4H3,(H,26,29). The highest BCUT2D eigenvalue weighted by Crippen LogP contribution is 2.31. The van der Waals surface area contributed by atoms with E-state index in [2.05, 4.69) is 10.3 Å². The summed E-state index contributed by atoms with van der Waals surface area (Å²) in [5.74, 6) is -2.12. The molecule has 2 aromatic carbocycles. The molecule has 0 fully saturated rings. The van der Waals surface area contributed by atoms with Crippen LogP contribution in [0.1, 0.15) is 33.5 Å². The number of ether oxygens (including phenoxy) is 1. The number of H-pyrrole nitrogens is 1. The summed E-state index contributed by atoms with van der Waals surface area (Å²) in [6.07, 6.45) is 0. The van der Waals surface area contributed by atoms with Crippen LogP contribution in [0.5, 0.6) is 0 Å². The number of carbonyl (C=O) groups excluding carboxylic acids is 3. The van der Waals surface area contributed by atoms with Crippen LogP contribution in [0.4, 0.5) is 11.4 Å². The lowest BCUT2D eigenvalue weighted by Crippen LogP contribution is -2.24. The minimum Gasteiger partial charge on any atom is -0.462 e. The Morgan fingerprint density at radius 1 is 1.00 bits per heavy atom. The Labute approximate surface area is 181 Å². The Morgan fingerprint density at radius 3 is 2.23 bits per heavy atom. The van der Waals surface area contributed by atoms with Crippen LogP contribution in [-0.4, -0.2) is 43.3 Å². The lowest BCUT2D eigenvalue weighted by atomic mass is 9.98. The molecule has 0 saturated heterocycles. The number of benzene rings is 2. The number of carbonyl (C=O) groups is 3. The topological polar surface area (TPSA) is 91.5 Å². The lowest BCUT2D eigenvalue weighted by molar-refractivity contribution is -0.112. The molecule has 1 amide bonds. The zero-order valence-electron chi connectivity index (χ0n) is 18.0. The zero-order chi connectivity index (χ0) is 22.5. The summed E-state index contributed by atoms with van der Waals surface area (Å²) in [4.78, 5) is 43.2. The molecule has 31 heavy (non-hydrogen) atoms. The second kappa shape index (κ2) is 9.30. The van der Waals surface area contributed by atoms with E-state index in [4.69, 9.17) is 4.74 Å². The number of anilines is 2. The first-order chi connectivity index (χ1) is 14.8. The Morgan fingerprint density at radius 2 is 1.65 bits per heavy atom. The van der Waals surface area contributed by atoms with Gasteiger partial charge in [0.25, 0.3) is 11.7 Å². The molecule has 0 aliphatic rings. The molecular formula is C24H25N3O4. The van der Waals surface area contributed by atoms with Crippen LogP contribution in [0.2, 0.25) is 0 Å². The Hall–Kier alpha value is -3.87. The van der Waals surface area contributed by atoms with Crippen LogP contribution >= 0.6 is 0 Å². The van der Waals surface area contributed by atoms with Gasteiger partial charge in [-0.05, 0) is 43.7 Å². The molecule has 0 aliphatic carbocycles. The second-order valence-electron chi connectivity index (χ2n) is 7.19. The number of aromatic amines is 1. The van der Waals surface area contributed by atoms with Gasteiger partial charge in [-0.1, -0.05) is 30.3 Å². The van der Waals surface area contributed by atoms with Gasteiger partial charge in [-0.15, -0.1) is 0 Å². The number of rotatable bonds is 7. The third kappa shape index (κ3) is 4.66. The van der Waals surface area contributed by atoms with Crippen molar-refractivity contribution in [3.63, 3.8) is 0 Å². The van der Waals surface area contributed by atoms with Crippen molar-refractivity contribution in [3.05, 3.63) is 71.5 Å². The third-order valence-electron chi connectivity index (χ3n) is 4.80. The van der Waals surface area contributed by atoms with Gasteiger partial charge in [0.15, 0.2) is 0 Å². The van der Waals surface area contributed by atoms with Gasteiger partial charge in [-0.25, -0.2) is 4.79 Å². The molecule has 1 heterocycles. The fourth-order valence-electron chi connectivity index (χ4n) is 3.29. The fraction of sp³-hybridized carbons (Fsp3) is 0.208. The number of nitrogens with one attached hydrogen (secondary N) is 2. The predicted molar refractivity (Wildman–Crippen MR) is 121 cm³/mol. The molecular weight excluding hydrogens is 394 g/mol. The maximum Gasteiger partial charge on any atom is 0.340 e. The molecule has 7 heteroatoms. The van der Waals surface area contributed by atoms with E-state index >= 15 is 0 Å². The van der Waals surface area contributed by atoms with E-state index in [9.17, 15) is 14.4 Å². The highest BCUT2D eigenvalue weighted by molar-refractivity contribution is 6.47. The summed E-state index contributed by atoms with van der Waals surface area (Å²) in [5, 5.41) is 2.62. The fourth-order valence-corrected chi connectivity index (χ4v) is 3.29. The Kier molecular flexibility index (Phi) is 6.55. The quantitative estimate of drug-likeness (QED) is 0.342.